The van der Waals surface area contributed by atoms with Crippen molar-refractivity contribution >= 4 is 18.4 Å². The molecular weight excluding hydrogens is 463 g/mol. The molecular formula is C25H23ClF3N5. The van der Waals surface area contributed by atoms with Crippen LogP contribution < -0.4 is 11.1 Å². The average Bonchev–Trinajstić information content (AvgIpc) is 2.83. The lowest BCUT2D eigenvalue weighted by atomic mass is 9.99. The van der Waals surface area contributed by atoms with E-state index in [4.69, 9.17) is 5.73 Å². The number of benzene rings is 2. The molecule has 9 heteroatoms. The molecule has 2 aromatic carbocycles. The van der Waals surface area contributed by atoms with Crippen molar-refractivity contribution in [2.45, 2.75) is 18.6 Å². The Morgan fingerprint density at radius 3 is 2.35 bits per heavy atom. The Morgan fingerprint density at radius 1 is 0.912 bits per heavy atom. The fourth-order valence-electron chi connectivity index (χ4n) is 3.48. The SMILES string of the molecule is Cl.N[C@@H](CNc1ncc(-c2cccc(C(F)(F)F)c2)c(-c2ccncc2)n1)Cc1ccccc1. The Morgan fingerprint density at radius 2 is 1.65 bits per heavy atom. The third kappa shape index (κ3) is 6.30. The van der Waals surface area contributed by atoms with Gasteiger partial charge in [-0.05, 0) is 41.8 Å². The van der Waals surface area contributed by atoms with Crippen LogP contribution in [0.3, 0.4) is 0 Å². The van der Waals surface area contributed by atoms with Crippen LogP contribution >= 0.6 is 12.4 Å². The highest BCUT2D eigenvalue weighted by atomic mass is 35.5. The molecule has 4 aromatic rings. The maximum absolute atomic E-state index is 13.2. The monoisotopic (exact) mass is 485 g/mol. The van der Waals surface area contributed by atoms with Crippen LogP contribution in [0.4, 0.5) is 19.1 Å². The van der Waals surface area contributed by atoms with Gasteiger partial charge in [0.25, 0.3) is 0 Å². The number of anilines is 1. The van der Waals surface area contributed by atoms with E-state index in [1.807, 2.05) is 30.3 Å². The zero-order valence-electron chi connectivity index (χ0n) is 18.0. The molecule has 0 amide bonds. The van der Waals surface area contributed by atoms with Gasteiger partial charge in [0.05, 0.1) is 11.3 Å². The summed E-state index contributed by atoms with van der Waals surface area (Å²) in [5.41, 5.74) is 8.75. The maximum atomic E-state index is 13.2. The first-order valence-electron chi connectivity index (χ1n) is 10.4. The minimum Gasteiger partial charge on any atom is -0.353 e. The molecule has 0 fully saturated rings. The molecule has 4 rings (SSSR count). The van der Waals surface area contributed by atoms with E-state index in [1.165, 1.54) is 12.3 Å². The minimum absolute atomic E-state index is 0. The average molecular weight is 486 g/mol. The lowest BCUT2D eigenvalue weighted by Gasteiger charge is -2.15. The highest BCUT2D eigenvalue weighted by Crippen LogP contribution is 2.35. The number of nitrogens with one attached hydrogen (secondary N) is 1. The number of hydrogen-bond donors (Lipinski definition) is 2. The Hall–Kier alpha value is -3.49. The van der Waals surface area contributed by atoms with E-state index in [0.717, 1.165) is 23.3 Å². The van der Waals surface area contributed by atoms with Gasteiger partial charge in [0.15, 0.2) is 0 Å². The third-order valence-electron chi connectivity index (χ3n) is 5.11. The van der Waals surface area contributed by atoms with Gasteiger partial charge >= 0.3 is 6.18 Å². The minimum atomic E-state index is -4.44. The second-order valence-corrected chi connectivity index (χ2v) is 7.60. The van der Waals surface area contributed by atoms with Crippen molar-refractivity contribution in [2.75, 3.05) is 11.9 Å². The molecule has 0 radical (unpaired) electrons. The lowest BCUT2D eigenvalue weighted by molar-refractivity contribution is -0.137. The van der Waals surface area contributed by atoms with Crippen molar-refractivity contribution in [1.82, 2.24) is 15.0 Å². The molecule has 0 aliphatic carbocycles. The van der Waals surface area contributed by atoms with E-state index in [0.29, 0.717) is 35.7 Å². The first kappa shape index (κ1) is 25.1. The zero-order chi connectivity index (χ0) is 23.3. The fourth-order valence-corrected chi connectivity index (χ4v) is 3.48. The van der Waals surface area contributed by atoms with Gasteiger partial charge < -0.3 is 11.1 Å². The van der Waals surface area contributed by atoms with Gasteiger partial charge in [0.1, 0.15) is 0 Å². The van der Waals surface area contributed by atoms with Crippen molar-refractivity contribution in [3.05, 3.63) is 96.4 Å². The molecule has 0 aliphatic heterocycles. The lowest BCUT2D eigenvalue weighted by Crippen LogP contribution is -2.31. The molecule has 2 aromatic heterocycles. The van der Waals surface area contributed by atoms with E-state index in [-0.39, 0.29) is 18.4 Å². The Bertz CT molecular complexity index is 1200. The maximum Gasteiger partial charge on any atom is 0.416 e. The number of nitrogens with zero attached hydrogens (tertiary/aromatic N) is 3. The second-order valence-electron chi connectivity index (χ2n) is 7.60. The summed E-state index contributed by atoms with van der Waals surface area (Å²) in [7, 11) is 0. The molecule has 5 nitrogen and oxygen atoms in total. The Labute approximate surface area is 201 Å². The smallest absolute Gasteiger partial charge is 0.353 e. The zero-order valence-corrected chi connectivity index (χ0v) is 18.9. The summed E-state index contributed by atoms with van der Waals surface area (Å²) >= 11 is 0. The first-order chi connectivity index (χ1) is 15.9. The number of alkyl halides is 3. The molecule has 0 saturated carbocycles. The summed E-state index contributed by atoms with van der Waals surface area (Å²) in [4.78, 5) is 13.0. The highest BCUT2D eigenvalue weighted by Gasteiger charge is 2.30. The molecule has 34 heavy (non-hydrogen) atoms. The van der Waals surface area contributed by atoms with Crippen molar-refractivity contribution < 1.29 is 13.2 Å². The molecule has 0 aliphatic rings. The molecule has 0 spiro atoms. The number of aromatic nitrogens is 3. The summed E-state index contributed by atoms with van der Waals surface area (Å²) in [5.74, 6) is 0.348. The van der Waals surface area contributed by atoms with Gasteiger partial charge in [-0.15, -0.1) is 12.4 Å². The van der Waals surface area contributed by atoms with Gasteiger partial charge in [-0.3, -0.25) is 4.98 Å². The molecule has 176 valence electrons. The van der Waals surface area contributed by atoms with Crippen LogP contribution in [0.5, 0.6) is 0 Å². The molecule has 3 N–H and O–H groups in total. The van der Waals surface area contributed by atoms with E-state index in [2.05, 4.69) is 20.3 Å². The predicted molar refractivity (Wildman–Crippen MR) is 130 cm³/mol. The van der Waals surface area contributed by atoms with Gasteiger partial charge in [-0.25, -0.2) is 9.97 Å². The Kier molecular flexibility index (Phi) is 8.20. The quantitative estimate of drug-likeness (QED) is 0.355. The van der Waals surface area contributed by atoms with Crippen LogP contribution in [0.25, 0.3) is 22.4 Å². The highest BCUT2D eigenvalue weighted by molar-refractivity contribution is 5.85. The first-order valence-corrected chi connectivity index (χ1v) is 10.4. The van der Waals surface area contributed by atoms with Crippen molar-refractivity contribution in [1.29, 1.82) is 0 Å². The van der Waals surface area contributed by atoms with Crippen molar-refractivity contribution in [2.24, 2.45) is 5.73 Å². The third-order valence-corrected chi connectivity index (χ3v) is 5.11. The number of rotatable bonds is 7. The number of halogens is 4. The molecule has 0 unspecified atom stereocenters. The molecule has 2 heterocycles. The molecule has 1 atom stereocenters. The van der Waals surface area contributed by atoms with Crippen LogP contribution in [0.15, 0.2) is 85.3 Å². The molecule has 0 bridgehead atoms. The van der Waals surface area contributed by atoms with Gasteiger partial charge in [0, 0.05) is 42.3 Å². The van der Waals surface area contributed by atoms with Crippen molar-refractivity contribution in [3.8, 4) is 22.4 Å². The van der Waals surface area contributed by atoms with Crippen LogP contribution in [0.1, 0.15) is 11.1 Å². The number of hydrogen-bond acceptors (Lipinski definition) is 5. The number of pyridine rings is 1. The normalized spacial score (nSPS) is 12.0. The predicted octanol–water partition coefficient (Wildman–Crippen LogP) is 5.63. The van der Waals surface area contributed by atoms with Gasteiger partial charge in [-0.2, -0.15) is 13.2 Å². The van der Waals surface area contributed by atoms with E-state index in [1.54, 1.807) is 30.6 Å². The van der Waals surface area contributed by atoms with E-state index in [9.17, 15) is 13.2 Å². The summed E-state index contributed by atoms with van der Waals surface area (Å²) in [6.07, 6.45) is 0.993. The largest absolute Gasteiger partial charge is 0.416 e. The van der Waals surface area contributed by atoms with Crippen LogP contribution in [0.2, 0.25) is 0 Å². The summed E-state index contributed by atoms with van der Waals surface area (Å²) in [6, 6.07) is 18.4. The summed E-state index contributed by atoms with van der Waals surface area (Å²) in [5, 5.41) is 3.15. The van der Waals surface area contributed by atoms with Crippen LogP contribution in [0, 0.1) is 0 Å². The topological polar surface area (TPSA) is 76.7 Å². The van der Waals surface area contributed by atoms with Crippen molar-refractivity contribution in [3.63, 3.8) is 0 Å². The standard InChI is InChI=1S/C25H22F3N5.ClH/c26-25(27,28)20-8-4-7-19(14-20)22-16-32-24(33-23(22)18-9-11-30-12-10-18)31-15-21(29)13-17-5-2-1-3-6-17;/h1-12,14,16,21H,13,15,29H2,(H,31,32,33);1H/t21-;/m1./s1. The summed E-state index contributed by atoms with van der Waals surface area (Å²) in [6.45, 7) is 0.438. The fraction of sp³-hybridized carbons (Fsp3) is 0.160. The van der Waals surface area contributed by atoms with Crippen LogP contribution in [-0.4, -0.2) is 27.5 Å². The summed E-state index contributed by atoms with van der Waals surface area (Å²) < 4.78 is 39.7. The van der Waals surface area contributed by atoms with E-state index < -0.39 is 11.7 Å². The molecule has 0 saturated heterocycles. The second kappa shape index (κ2) is 11.1. The van der Waals surface area contributed by atoms with E-state index >= 15 is 0 Å². The van der Waals surface area contributed by atoms with Gasteiger partial charge in [-0.1, -0.05) is 42.5 Å². The van der Waals surface area contributed by atoms with Crippen LogP contribution in [-0.2, 0) is 12.6 Å². The number of nitrogens with two attached hydrogens (primary N) is 1. The Balaban J connectivity index is 0.00000324. The van der Waals surface area contributed by atoms with Gasteiger partial charge in [0.2, 0.25) is 5.95 Å².